The van der Waals surface area contributed by atoms with Crippen LogP contribution in [-0.4, -0.2) is 61.3 Å². The van der Waals surface area contributed by atoms with Crippen LogP contribution in [0.3, 0.4) is 0 Å². The summed E-state index contributed by atoms with van der Waals surface area (Å²) in [5.41, 5.74) is 5.35. The molecule has 20 heavy (non-hydrogen) atoms. The number of imidazole rings is 1. The van der Waals surface area contributed by atoms with Crippen LogP contribution in [0.4, 0.5) is 5.82 Å². The van der Waals surface area contributed by atoms with E-state index in [2.05, 4.69) is 15.0 Å². The summed E-state index contributed by atoms with van der Waals surface area (Å²) < 4.78 is 12.8. The number of aliphatic hydroxyl groups excluding tert-OH is 2. The molecule has 4 rings (SSSR count). The van der Waals surface area contributed by atoms with Crippen molar-refractivity contribution in [3.05, 3.63) is 12.7 Å². The third kappa shape index (κ3) is 1.32. The number of fused-ring (bicyclic) bond motifs is 3. The molecule has 106 valence electrons. The Kier molecular flexibility index (Phi) is 2.31. The molecule has 9 nitrogen and oxygen atoms in total. The standard InChI is InChI=1S/C11H13N5O4/c12-9-6-10(14-3-13-9)16(4-15-6)11-2-19-1-5(20-11)7(17)8(11)18/h3-5,7-8,17-18H,1-2H2,(H2,12,13,14). The lowest BCUT2D eigenvalue weighted by Crippen LogP contribution is -2.49. The lowest BCUT2D eigenvalue weighted by Gasteiger charge is -2.35. The molecule has 2 aromatic rings. The lowest BCUT2D eigenvalue weighted by molar-refractivity contribution is -0.221. The Labute approximate surface area is 113 Å². The van der Waals surface area contributed by atoms with E-state index in [0.29, 0.717) is 11.2 Å². The Morgan fingerprint density at radius 2 is 2.20 bits per heavy atom. The van der Waals surface area contributed by atoms with E-state index in [4.69, 9.17) is 15.2 Å². The summed E-state index contributed by atoms with van der Waals surface area (Å²) in [6, 6.07) is 0. The van der Waals surface area contributed by atoms with Crippen LogP contribution in [0.1, 0.15) is 0 Å². The molecule has 4 atom stereocenters. The van der Waals surface area contributed by atoms with E-state index in [1.165, 1.54) is 12.7 Å². The zero-order valence-electron chi connectivity index (χ0n) is 10.4. The molecule has 4 unspecified atom stereocenters. The minimum atomic E-state index is -1.24. The van der Waals surface area contributed by atoms with Crippen LogP contribution in [-0.2, 0) is 15.2 Å². The fourth-order valence-corrected chi connectivity index (χ4v) is 2.84. The second kappa shape index (κ2) is 3.85. The molecule has 2 aliphatic rings. The van der Waals surface area contributed by atoms with Gasteiger partial charge in [-0.1, -0.05) is 0 Å². The first-order chi connectivity index (χ1) is 9.63. The average Bonchev–Trinajstić information content (AvgIpc) is 2.97. The highest BCUT2D eigenvalue weighted by molar-refractivity contribution is 5.81. The van der Waals surface area contributed by atoms with Gasteiger partial charge < -0.3 is 25.4 Å². The molecule has 0 aromatic carbocycles. The Morgan fingerprint density at radius 1 is 1.35 bits per heavy atom. The summed E-state index contributed by atoms with van der Waals surface area (Å²) >= 11 is 0. The van der Waals surface area contributed by atoms with Crippen LogP contribution in [0, 0.1) is 0 Å². The van der Waals surface area contributed by atoms with Gasteiger partial charge in [0.15, 0.2) is 17.2 Å². The van der Waals surface area contributed by atoms with Crippen LogP contribution in [0.15, 0.2) is 12.7 Å². The molecule has 4 heterocycles. The highest BCUT2D eigenvalue weighted by Gasteiger charge is 2.59. The lowest BCUT2D eigenvalue weighted by atomic mass is 10.0. The van der Waals surface area contributed by atoms with Gasteiger partial charge in [0.25, 0.3) is 0 Å². The van der Waals surface area contributed by atoms with Crippen molar-refractivity contribution in [2.24, 2.45) is 0 Å². The molecule has 2 saturated heterocycles. The first kappa shape index (κ1) is 12.0. The number of ether oxygens (including phenoxy) is 2. The smallest absolute Gasteiger partial charge is 0.200 e. The third-order valence-corrected chi connectivity index (χ3v) is 3.88. The van der Waals surface area contributed by atoms with Crippen molar-refractivity contribution in [2.75, 3.05) is 18.9 Å². The van der Waals surface area contributed by atoms with E-state index in [-0.39, 0.29) is 19.0 Å². The summed E-state index contributed by atoms with van der Waals surface area (Å²) in [7, 11) is 0. The van der Waals surface area contributed by atoms with Gasteiger partial charge in [-0.2, -0.15) is 0 Å². The molecule has 0 radical (unpaired) electrons. The van der Waals surface area contributed by atoms with Gasteiger partial charge in [0.2, 0.25) is 0 Å². The van der Waals surface area contributed by atoms with E-state index in [0.717, 1.165) is 0 Å². The van der Waals surface area contributed by atoms with Crippen molar-refractivity contribution in [1.29, 1.82) is 0 Å². The summed E-state index contributed by atoms with van der Waals surface area (Å²) in [6.07, 6.45) is 0.0433. The highest BCUT2D eigenvalue weighted by atomic mass is 16.6. The van der Waals surface area contributed by atoms with Crippen LogP contribution < -0.4 is 5.73 Å². The molecule has 0 saturated carbocycles. The fourth-order valence-electron chi connectivity index (χ4n) is 2.84. The topological polar surface area (TPSA) is 129 Å². The largest absolute Gasteiger partial charge is 0.387 e. The third-order valence-electron chi connectivity index (χ3n) is 3.88. The minimum Gasteiger partial charge on any atom is -0.387 e. The number of nitrogen functional groups attached to an aromatic ring is 1. The van der Waals surface area contributed by atoms with Gasteiger partial charge in [0.1, 0.15) is 30.2 Å². The van der Waals surface area contributed by atoms with Gasteiger partial charge in [0, 0.05) is 0 Å². The number of nitrogens with zero attached hydrogens (tertiary/aromatic N) is 4. The Morgan fingerprint density at radius 3 is 3.05 bits per heavy atom. The number of hydrogen-bond acceptors (Lipinski definition) is 8. The molecule has 2 fully saturated rings. The van der Waals surface area contributed by atoms with Gasteiger partial charge in [-0.05, 0) is 0 Å². The summed E-state index contributed by atoms with van der Waals surface area (Å²) in [5.74, 6) is 0.242. The van der Waals surface area contributed by atoms with Crippen LogP contribution >= 0.6 is 0 Å². The fraction of sp³-hybridized carbons (Fsp3) is 0.545. The van der Waals surface area contributed by atoms with E-state index in [1.807, 2.05) is 0 Å². The number of aromatic nitrogens is 4. The first-order valence-electron chi connectivity index (χ1n) is 6.19. The number of anilines is 1. The SMILES string of the molecule is Nc1ncnc2c1ncn2C12COCC(O1)C(O)C2O. The Balaban J connectivity index is 1.92. The van der Waals surface area contributed by atoms with Crippen molar-refractivity contribution in [2.45, 2.75) is 24.0 Å². The van der Waals surface area contributed by atoms with E-state index < -0.39 is 24.0 Å². The summed E-state index contributed by atoms with van der Waals surface area (Å²) in [5, 5.41) is 20.4. The zero-order chi connectivity index (χ0) is 13.9. The van der Waals surface area contributed by atoms with Crippen LogP contribution in [0.25, 0.3) is 11.2 Å². The second-order valence-electron chi connectivity index (χ2n) is 5.00. The van der Waals surface area contributed by atoms with Gasteiger partial charge in [-0.3, -0.25) is 4.57 Å². The maximum Gasteiger partial charge on any atom is 0.200 e. The summed E-state index contributed by atoms with van der Waals surface area (Å²) in [4.78, 5) is 12.1. The van der Waals surface area contributed by atoms with Gasteiger partial charge in [-0.25, -0.2) is 15.0 Å². The summed E-state index contributed by atoms with van der Waals surface area (Å²) in [6.45, 7) is 0.334. The van der Waals surface area contributed by atoms with Crippen molar-refractivity contribution in [3.8, 4) is 0 Å². The van der Waals surface area contributed by atoms with E-state index in [1.54, 1.807) is 4.57 Å². The maximum absolute atomic E-state index is 10.3. The maximum atomic E-state index is 10.3. The van der Waals surface area contributed by atoms with Crippen molar-refractivity contribution < 1.29 is 19.7 Å². The van der Waals surface area contributed by atoms with Crippen molar-refractivity contribution in [3.63, 3.8) is 0 Å². The van der Waals surface area contributed by atoms with E-state index >= 15 is 0 Å². The molecule has 9 heteroatoms. The predicted molar refractivity (Wildman–Crippen MR) is 65.4 cm³/mol. The van der Waals surface area contributed by atoms with Crippen LogP contribution in [0.2, 0.25) is 0 Å². The van der Waals surface area contributed by atoms with Crippen molar-refractivity contribution in [1.82, 2.24) is 19.5 Å². The number of rotatable bonds is 1. The molecule has 0 aliphatic carbocycles. The monoisotopic (exact) mass is 279 g/mol. The molecular weight excluding hydrogens is 266 g/mol. The zero-order valence-corrected chi connectivity index (χ0v) is 10.4. The predicted octanol–water partition coefficient (Wildman–Crippen LogP) is -1.79. The number of nitrogens with two attached hydrogens (primary N) is 1. The number of hydrogen-bond donors (Lipinski definition) is 3. The quantitative estimate of drug-likeness (QED) is 0.558. The molecule has 0 amide bonds. The average molecular weight is 279 g/mol. The number of aliphatic hydroxyl groups is 2. The molecule has 0 spiro atoms. The minimum absolute atomic E-state index is 0.0943. The van der Waals surface area contributed by atoms with E-state index in [9.17, 15) is 10.2 Å². The Hall–Kier alpha value is -1.81. The van der Waals surface area contributed by atoms with Gasteiger partial charge in [0.05, 0.1) is 19.5 Å². The van der Waals surface area contributed by atoms with Crippen molar-refractivity contribution >= 4 is 17.0 Å². The highest BCUT2D eigenvalue weighted by Crippen LogP contribution is 2.40. The molecule has 4 N–H and O–H groups in total. The van der Waals surface area contributed by atoms with Crippen LogP contribution in [0.5, 0.6) is 0 Å². The molecular formula is C11H13N5O4. The van der Waals surface area contributed by atoms with Gasteiger partial charge >= 0.3 is 0 Å². The molecule has 2 aliphatic heterocycles. The molecule has 2 bridgehead atoms. The normalized spacial score (nSPS) is 36.6. The molecule has 2 aromatic heterocycles. The second-order valence-corrected chi connectivity index (χ2v) is 5.00. The Bertz CT molecular complexity index is 676. The van der Waals surface area contributed by atoms with Gasteiger partial charge in [-0.15, -0.1) is 0 Å². The first-order valence-corrected chi connectivity index (χ1v) is 6.19.